The minimum absolute atomic E-state index is 0.859. The third-order valence-electron chi connectivity index (χ3n) is 4.88. The molecule has 0 aliphatic carbocycles. The Bertz CT molecular complexity index is 1240. The monoisotopic (exact) mass is 338 g/mol. The number of aryl methyl sites for hydroxylation is 2. The summed E-state index contributed by atoms with van der Waals surface area (Å²) in [6.07, 6.45) is 1.86. The quantitative estimate of drug-likeness (QED) is 0.455. The van der Waals surface area contributed by atoms with Crippen LogP contribution in [0.2, 0.25) is 0 Å². The van der Waals surface area contributed by atoms with Gasteiger partial charge in [-0.3, -0.25) is 9.13 Å². The molecule has 0 amide bonds. The Balaban J connectivity index is 1.93. The average molecular weight is 338 g/mol. The lowest BCUT2D eigenvalue weighted by atomic mass is 10.1. The summed E-state index contributed by atoms with van der Waals surface area (Å²) < 4.78 is 4.31. The summed E-state index contributed by atoms with van der Waals surface area (Å²) in [4.78, 5) is 9.50. The minimum Gasteiger partial charge on any atom is -0.278 e. The predicted molar refractivity (Wildman–Crippen MR) is 105 cm³/mol. The van der Waals surface area contributed by atoms with E-state index in [-0.39, 0.29) is 0 Å². The van der Waals surface area contributed by atoms with Crippen molar-refractivity contribution < 1.29 is 0 Å². The Morgan fingerprint density at radius 1 is 0.692 bits per heavy atom. The van der Waals surface area contributed by atoms with Crippen molar-refractivity contribution in [2.75, 3.05) is 0 Å². The van der Waals surface area contributed by atoms with Crippen molar-refractivity contribution in [3.05, 3.63) is 84.2 Å². The zero-order valence-electron chi connectivity index (χ0n) is 14.7. The van der Waals surface area contributed by atoms with Gasteiger partial charge in [0.05, 0.1) is 27.8 Å². The van der Waals surface area contributed by atoms with Crippen molar-refractivity contribution in [1.29, 1.82) is 0 Å². The largest absolute Gasteiger partial charge is 0.278 e. The molecule has 2 aromatic heterocycles. The molecule has 2 heterocycles. The maximum Gasteiger partial charge on any atom is 0.221 e. The molecule has 0 unspecified atom stereocenters. The first kappa shape index (κ1) is 14.9. The number of rotatable bonds is 2. The van der Waals surface area contributed by atoms with Crippen LogP contribution in [0.25, 0.3) is 33.7 Å². The van der Waals surface area contributed by atoms with E-state index in [1.807, 2.05) is 30.6 Å². The van der Waals surface area contributed by atoms with E-state index >= 15 is 0 Å². The van der Waals surface area contributed by atoms with Crippen LogP contribution in [0, 0.1) is 13.8 Å². The van der Waals surface area contributed by atoms with E-state index in [1.54, 1.807) is 0 Å². The van der Waals surface area contributed by atoms with Crippen LogP contribution in [-0.4, -0.2) is 19.1 Å². The van der Waals surface area contributed by atoms with Gasteiger partial charge >= 0.3 is 0 Å². The van der Waals surface area contributed by atoms with Gasteiger partial charge in [-0.2, -0.15) is 0 Å². The number of hydrogen-bond donors (Lipinski definition) is 0. The molecule has 0 atom stereocenters. The van der Waals surface area contributed by atoms with Crippen molar-refractivity contribution >= 4 is 22.1 Å². The highest BCUT2D eigenvalue weighted by molar-refractivity contribution is 5.83. The van der Waals surface area contributed by atoms with E-state index < -0.39 is 0 Å². The van der Waals surface area contributed by atoms with Gasteiger partial charge in [-0.25, -0.2) is 9.97 Å². The highest BCUT2D eigenvalue weighted by Crippen LogP contribution is 2.29. The number of fused-ring (bicyclic) bond motifs is 2. The second-order valence-corrected chi connectivity index (χ2v) is 6.58. The van der Waals surface area contributed by atoms with Gasteiger partial charge in [0, 0.05) is 0 Å². The van der Waals surface area contributed by atoms with Crippen molar-refractivity contribution in [2.45, 2.75) is 13.8 Å². The van der Waals surface area contributed by atoms with Crippen LogP contribution < -0.4 is 0 Å². The van der Waals surface area contributed by atoms with Crippen LogP contribution in [0.4, 0.5) is 0 Å². The van der Waals surface area contributed by atoms with Gasteiger partial charge in [0.1, 0.15) is 6.33 Å². The Morgan fingerprint density at radius 3 is 2.12 bits per heavy atom. The normalized spacial score (nSPS) is 11.5. The fourth-order valence-corrected chi connectivity index (χ4v) is 3.67. The molecule has 3 aromatic carbocycles. The van der Waals surface area contributed by atoms with Crippen molar-refractivity contribution in [3.63, 3.8) is 0 Å². The zero-order chi connectivity index (χ0) is 17.7. The lowest BCUT2D eigenvalue weighted by molar-refractivity contribution is 0.912. The first-order valence-electron chi connectivity index (χ1n) is 8.70. The minimum atomic E-state index is 0.859. The summed E-state index contributed by atoms with van der Waals surface area (Å²) in [6.45, 7) is 4.29. The van der Waals surface area contributed by atoms with Crippen LogP contribution in [0.3, 0.4) is 0 Å². The maximum absolute atomic E-state index is 4.95. The molecule has 0 aliphatic heterocycles. The lowest BCUT2D eigenvalue weighted by Crippen LogP contribution is -2.07. The highest BCUT2D eigenvalue weighted by Gasteiger charge is 2.18. The molecule has 0 saturated carbocycles. The molecule has 0 fully saturated rings. The molecule has 0 N–H and O–H groups in total. The predicted octanol–water partition coefficient (Wildman–Crippen LogP) is 4.98. The van der Waals surface area contributed by atoms with Crippen LogP contribution >= 0.6 is 0 Å². The summed E-state index contributed by atoms with van der Waals surface area (Å²) in [6, 6.07) is 22.8. The van der Waals surface area contributed by atoms with Gasteiger partial charge in [-0.05, 0) is 49.2 Å². The van der Waals surface area contributed by atoms with Crippen molar-refractivity contribution in [1.82, 2.24) is 19.1 Å². The summed E-state index contributed by atoms with van der Waals surface area (Å²) in [5.41, 5.74) is 7.70. The number of benzene rings is 3. The third kappa shape index (κ3) is 2.09. The molecule has 0 aliphatic rings. The molecule has 0 saturated heterocycles. The van der Waals surface area contributed by atoms with Gasteiger partial charge in [-0.15, -0.1) is 0 Å². The van der Waals surface area contributed by atoms with Crippen LogP contribution in [-0.2, 0) is 0 Å². The summed E-state index contributed by atoms with van der Waals surface area (Å²) in [5, 5.41) is 0. The topological polar surface area (TPSA) is 35.6 Å². The molecule has 5 aromatic rings. The first-order valence-corrected chi connectivity index (χ1v) is 8.70. The Labute approximate surface area is 151 Å². The zero-order valence-corrected chi connectivity index (χ0v) is 14.7. The molecule has 4 nitrogen and oxygen atoms in total. The van der Waals surface area contributed by atoms with Crippen molar-refractivity contribution in [2.24, 2.45) is 0 Å². The van der Waals surface area contributed by atoms with E-state index in [1.165, 1.54) is 16.8 Å². The lowest BCUT2D eigenvalue weighted by Gasteiger charge is -2.15. The molecular weight excluding hydrogens is 320 g/mol. The van der Waals surface area contributed by atoms with E-state index in [0.717, 1.165) is 28.0 Å². The van der Waals surface area contributed by atoms with Gasteiger partial charge in [0.15, 0.2) is 0 Å². The number of aromatic nitrogens is 4. The molecule has 26 heavy (non-hydrogen) atoms. The SMILES string of the molecule is Cc1cccc(C)c1-n1c(-n2cnc3ccccc32)nc2ccccc21. The summed E-state index contributed by atoms with van der Waals surface area (Å²) in [7, 11) is 0. The molecule has 4 heteroatoms. The molecule has 126 valence electrons. The smallest absolute Gasteiger partial charge is 0.221 e. The fraction of sp³-hybridized carbons (Fsp3) is 0.0909. The number of para-hydroxylation sites is 5. The third-order valence-corrected chi connectivity index (χ3v) is 4.88. The molecule has 0 radical (unpaired) electrons. The van der Waals surface area contributed by atoms with Gasteiger partial charge in [-0.1, -0.05) is 42.5 Å². The van der Waals surface area contributed by atoms with Crippen LogP contribution in [0.15, 0.2) is 73.1 Å². The van der Waals surface area contributed by atoms with Crippen LogP contribution in [0.5, 0.6) is 0 Å². The maximum atomic E-state index is 4.95. The number of nitrogens with zero attached hydrogens (tertiary/aromatic N) is 4. The number of hydrogen-bond acceptors (Lipinski definition) is 2. The molecule has 0 bridgehead atoms. The van der Waals surface area contributed by atoms with Gasteiger partial charge in [0.25, 0.3) is 0 Å². The van der Waals surface area contributed by atoms with E-state index in [4.69, 9.17) is 4.98 Å². The summed E-state index contributed by atoms with van der Waals surface area (Å²) >= 11 is 0. The second-order valence-electron chi connectivity index (χ2n) is 6.58. The number of imidazole rings is 2. The Hall–Kier alpha value is -3.40. The molecule has 0 spiro atoms. The fourth-order valence-electron chi connectivity index (χ4n) is 3.67. The molecule has 5 rings (SSSR count). The van der Waals surface area contributed by atoms with E-state index in [2.05, 4.69) is 70.4 Å². The second kappa shape index (κ2) is 5.56. The summed E-state index contributed by atoms with van der Waals surface area (Å²) in [5.74, 6) is 0.859. The average Bonchev–Trinajstić information content (AvgIpc) is 3.23. The van der Waals surface area contributed by atoms with Crippen LogP contribution in [0.1, 0.15) is 11.1 Å². The van der Waals surface area contributed by atoms with Crippen molar-refractivity contribution in [3.8, 4) is 11.6 Å². The standard InChI is InChI=1S/C22H18N4/c1-15-8-7-9-16(2)21(15)26-20-13-6-4-11-18(20)24-22(26)25-14-23-17-10-3-5-12-19(17)25/h3-14H,1-2H3. The Kier molecular flexibility index (Phi) is 3.19. The van der Waals surface area contributed by atoms with E-state index in [9.17, 15) is 0 Å². The first-order chi connectivity index (χ1) is 12.7. The highest BCUT2D eigenvalue weighted by atomic mass is 15.3. The van der Waals surface area contributed by atoms with Gasteiger partial charge in [0.2, 0.25) is 5.95 Å². The van der Waals surface area contributed by atoms with Gasteiger partial charge < -0.3 is 0 Å². The molecular formula is C22H18N4. The Morgan fingerprint density at radius 2 is 1.35 bits per heavy atom. The van der Waals surface area contributed by atoms with E-state index in [0.29, 0.717) is 0 Å².